The fourth-order valence-electron chi connectivity index (χ4n) is 5.14. The molecule has 0 saturated heterocycles. The molecule has 4 saturated carbocycles. The zero-order valence-electron chi connectivity index (χ0n) is 17.9. The van der Waals surface area contributed by atoms with E-state index >= 15 is 0 Å². The Kier molecular flexibility index (Phi) is 5.63. The van der Waals surface area contributed by atoms with Crippen molar-refractivity contribution in [2.75, 3.05) is 6.54 Å². The van der Waals surface area contributed by atoms with Crippen LogP contribution in [0, 0.1) is 5.92 Å². The second kappa shape index (κ2) is 8.37. The molecule has 29 heavy (non-hydrogen) atoms. The van der Waals surface area contributed by atoms with Gasteiger partial charge in [0.25, 0.3) is 0 Å². The van der Waals surface area contributed by atoms with Crippen LogP contribution in [0.2, 0.25) is 0 Å². The van der Waals surface area contributed by atoms with Gasteiger partial charge in [0.05, 0.1) is 13.1 Å². The van der Waals surface area contributed by atoms with Crippen LogP contribution in [0.25, 0.3) is 0 Å². The quantitative estimate of drug-likeness (QED) is 0.580. The van der Waals surface area contributed by atoms with Crippen molar-refractivity contribution < 1.29 is 9.32 Å². The molecule has 1 atom stereocenters. The van der Waals surface area contributed by atoms with Crippen molar-refractivity contribution in [3.8, 4) is 0 Å². The van der Waals surface area contributed by atoms with Crippen molar-refractivity contribution in [3.05, 3.63) is 11.7 Å². The van der Waals surface area contributed by atoms with E-state index in [1.165, 1.54) is 77.0 Å². The Morgan fingerprint density at radius 2 is 1.69 bits per heavy atom. The topological polar surface area (TPSA) is 62.5 Å². The number of hydrogen-bond donors (Lipinski definition) is 0. The maximum Gasteiger partial charge on any atom is 0.240 e. The van der Waals surface area contributed by atoms with Gasteiger partial charge in [-0.25, -0.2) is 0 Å². The lowest BCUT2D eigenvalue weighted by atomic mass is 10.00. The van der Waals surface area contributed by atoms with Gasteiger partial charge in [0.15, 0.2) is 5.82 Å². The molecule has 0 spiro atoms. The number of hydrogen-bond acceptors (Lipinski definition) is 5. The third kappa shape index (κ3) is 4.84. The molecule has 6 nitrogen and oxygen atoms in total. The van der Waals surface area contributed by atoms with Gasteiger partial charge in [-0.1, -0.05) is 30.8 Å². The summed E-state index contributed by atoms with van der Waals surface area (Å²) in [5.41, 5.74) is 0. The zero-order chi connectivity index (χ0) is 19.8. The molecule has 0 aromatic carbocycles. The lowest BCUT2D eigenvalue weighted by Gasteiger charge is -2.32. The number of aromatic nitrogens is 2. The minimum atomic E-state index is 0.308. The summed E-state index contributed by atoms with van der Waals surface area (Å²) in [5.74, 6) is 3.08. The highest BCUT2D eigenvalue weighted by molar-refractivity contribution is 5.79. The Balaban J connectivity index is 1.22. The predicted molar refractivity (Wildman–Crippen MR) is 110 cm³/mol. The van der Waals surface area contributed by atoms with Gasteiger partial charge in [-0.05, 0) is 64.2 Å². The molecule has 1 amide bonds. The standard InChI is InChI=1S/C23H36N4O2/c1-16(17-8-9-17)27(20-12-13-20)22(28)15-26(19-10-11-19)14-21-24-23(25-29-21)18-6-4-2-3-5-7-18/h16-20H,2-15H2,1H3/t16-/m0/s1. The highest BCUT2D eigenvalue weighted by Crippen LogP contribution is 2.40. The van der Waals surface area contributed by atoms with E-state index in [2.05, 4.69) is 21.9 Å². The van der Waals surface area contributed by atoms with Crippen molar-refractivity contribution in [2.24, 2.45) is 5.92 Å². The fourth-order valence-corrected chi connectivity index (χ4v) is 5.14. The van der Waals surface area contributed by atoms with Gasteiger partial charge in [0.1, 0.15) is 0 Å². The summed E-state index contributed by atoms with van der Waals surface area (Å²) in [7, 11) is 0. The number of nitrogens with zero attached hydrogens (tertiary/aromatic N) is 4. The Bertz CT molecular complexity index is 699. The molecule has 6 heteroatoms. The van der Waals surface area contributed by atoms with Crippen molar-refractivity contribution in [1.29, 1.82) is 0 Å². The van der Waals surface area contributed by atoms with Gasteiger partial charge in [-0.15, -0.1) is 0 Å². The van der Waals surface area contributed by atoms with Crippen LogP contribution in [0.15, 0.2) is 4.52 Å². The van der Waals surface area contributed by atoms with Gasteiger partial charge in [-0.2, -0.15) is 4.98 Å². The Morgan fingerprint density at radius 3 is 2.31 bits per heavy atom. The number of amides is 1. The van der Waals surface area contributed by atoms with Crippen LogP contribution in [-0.2, 0) is 11.3 Å². The van der Waals surface area contributed by atoms with E-state index < -0.39 is 0 Å². The molecule has 1 aromatic rings. The van der Waals surface area contributed by atoms with E-state index in [1.807, 2.05) is 0 Å². The van der Waals surface area contributed by atoms with E-state index in [-0.39, 0.29) is 0 Å². The third-order valence-electron chi connectivity index (χ3n) is 7.42. The van der Waals surface area contributed by atoms with Crippen molar-refractivity contribution in [2.45, 2.75) is 115 Å². The van der Waals surface area contributed by atoms with Crippen molar-refractivity contribution >= 4 is 5.91 Å². The molecule has 0 aliphatic heterocycles. The number of rotatable bonds is 9. The highest BCUT2D eigenvalue weighted by atomic mass is 16.5. The predicted octanol–water partition coefficient (Wildman–Crippen LogP) is 4.26. The first kappa shape index (κ1) is 19.5. The average molecular weight is 401 g/mol. The molecular weight excluding hydrogens is 364 g/mol. The Morgan fingerprint density at radius 1 is 1.00 bits per heavy atom. The van der Waals surface area contributed by atoms with Crippen molar-refractivity contribution in [3.63, 3.8) is 0 Å². The Labute approximate surface area is 174 Å². The first-order valence-electron chi connectivity index (χ1n) is 12.1. The van der Waals surface area contributed by atoms with Crippen LogP contribution in [0.5, 0.6) is 0 Å². The Hall–Kier alpha value is -1.43. The molecular formula is C23H36N4O2. The summed E-state index contributed by atoms with van der Waals surface area (Å²) in [6.45, 7) is 3.37. The largest absolute Gasteiger partial charge is 0.338 e. The first-order valence-corrected chi connectivity index (χ1v) is 12.1. The number of carbonyl (C=O) groups excluding carboxylic acids is 1. The zero-order valence-corrected chi connectivity index (χ0v) is 17.9. The summed E-state index contributed by atoms with van der Waals surface area (Å²) >= 11 is 0. The van der Waals surface area contributed by atoms with Crippen LogP contribution in [0.1, 0.15) is 102 Å². The minimum absolute atomic E-state index is 0.308. The maximum atomic E-state index is 13.2. The van der Waals surface area contributed by atoms with Crippen LogP contribution in [0.3, 0.4) is 0 Å². The maximum absolute atomic E-state index is 13.2. The van der Waals surface area contributed by atoms with E-state index in [1.54, 1.807) is 0 Å². The fraction of sp³-hybridized carbons (Fsp3) is 0.870. The molecule has 0 N–H and O–H groups in total. The lowest BCUT2D eigenvalue weighted by molar-refractivity contribution is -0.136. The molecule has 4 aliphatic carbocycles. The second-order valence-corrected chi connectivity index (χ2v) is 9.98. The van der Waals surface area contributed by atoms with Gasteiger partial charge in [0.2, 0.25) is 11.8 Å². The lowest BCUT2D eigenvalue weighted by Crippen LogP contribution is -2.47. The molecule has 1 heterocycles. The summed E-state index contributed by atoms with van der Waals surface area (Å²) in [6.07, 6.45) is 14.9. The van der Waals surface area contributed by atoms with E-state index in [9.17, 15) is 4.79 Å². The molecule has 1 aromatic heterocycles. The van der Waals surface area contributed by atoms with Crippen LogP contribution < -0.4 is 0 Å². The van der Waals surface area contributed by atoms with Gasteiger partial charge in [-0.3, -0.25) is 9.69 Å². The average Bonchev–Trinajstić information content (AvgIpc) is 3.56. The molecule has 0 unspecified atom stereocenters. The van der Waals surface area contributed by atoms with Crippen LogP contribution in [-0.4, -0.2) is 50.5 Å². The van der Waals surface area contributed by atoms with Crippen LogP contribution >= 0.6 is 0 Å². The van der Waals surface area contributed by atoms with Gasteiger partial charge in [0, 0.05) is 24.0 Å². The van der Waals surface area contributed by atoms with Gasteiger partial charge < -0.3 is 9.42 Å². The van der Waals surface area contributed by atoms with Gasteiger partial charge >= 0.3 is 0 Å². The monoisotopic (exact) mass is 400 g/mol. The number of carbonyl (C=O) groups is 1. The summed E-state index contributed by atoms with van der Waals surface area (Å²) in [5, 5.41) is 4.32. The molecule has 4 fully saturated rings. The molecule has 160 valence electrons. The SMILES string of the molecule is C[C@@H](C1CC1)N(C(=O)CN(Cc1nc(C2CCCCCC2)no1)C1CC1)C1CC1. The minimum Gasteiger partial charge on any atom is -0.338 e. The van der Waals surface area contributed by atoms with Crippen LogP contribution in [0.4, 0.5) is 0 Å². The van der Waals surface area contributed by atoms with E-state index in [0.717, 1.165) is 11.7 Å². The first-order chi connectivity index (χ1) is 14.2. The smallest absolute Gasteiger partial charge is 0.240 e. The highest BCUT2D eigenvalue weighted by Gasteiger charge is 2.43. The summed E-state index contributed by atoms with van der Waals surface area (Å²) in [6, 6.07) is 1.40. The van der Waals surface area contributed by atoms with E-state index in [4.69, 9.17) is 9.51 Å². The molecule has 0 radical (unpaired) electrons. The summed E-state index contributed by atoms with van der Waals surface area (Å²) in [4.78, 5) is 22.5. The third-order valence-corrected chi connectivity index (χ3v) is 7.42. The summed E-state index contributed by atoms with van der Waals surface area (Å²) < 4.78 is 5.64. The normalized spacial score (nSPS) is 24.5. The van der Waals surface area contributed by atoms with E-state index in [0.29, 0.717) is 48.9 Å². The molecule has 5 rings (SSSR count). The molecule has 4 aliphatic rings. The molecule has 0 bridgehead atoms. The van der Waals surface area contributed by atoms with Crippen molar-refractivity contribution in [1.82, 2.24) is 19.9 Å². The second-order valence-electron chi connectivity index (χ2n) is 9.98.